The zero-order chi connectivity index (χ0) is 20.2. The second kappa shape index (κ2) is 8.44. The summed E-state index contributed by atoms with van der Waals surface area (Å²) in [5, 5.41) is 3.46. The number of esters is 1. The first-order valence-electron chi connectivity index (χ1n) is 8.73. The highest BCUT2D eigenvalue weighted by Gasteiger charge is 2.20. The molecule has 27 heavy (non-hydrogen) atoms. The predicted octanol–water partition coefficient (Wildman–Crippen LogP) is 4.69. The number of carbonyl (C=O) groups is 2. The molecule has 5 nitrogen and oxygen atoms in total. The SMILES string of the molecule is CC(Cc1ccc(C(=O)OC(C)(C)C)cc1N)C(=O)Nc1ccc(Cl)cc1. The summed E-state index contributed by atoms with van der Waals surface area (Å²) < 4.78 is 5.34. The minimum atomic E-state index is -0.571. The third-order valence-corrected chi connectivity index (χ3v) is 4.12. The molecule has 0 bridgehead atoms. The molecule has 0 saturated carbocycles. The van der Waals surface area contributed by atoms with Crippen molar-refractivity contribution in [2.24, 2.45) is 5.92 Å². The average molecular weight is 389 g/mol. The van der Waals surface area contributed by atoms with Crippen LogP contribution in [0.5, 0.6) is 0 Å². The number of hydrogen-bond donors (Lipinski definition) is 2. The number of anilines is 2. The summed E-state index contributed by atoms with van der Waals surface area (Å²) in [4.78, 5) is 24.5. The zero-order valence-corrected chi connectivity index (χ0v) is 16.8. The molecule has 0 saturated heterocycles. The average Bonchev–Trinajstić information content (AvgIpc) is 2.57. The number of carbonyl (C=O) groups excluding carboxylic acids is 2. The van der Waals surface area contributed by atoms with Gasteiger partial charge in [0.1, 0.15) is 5.60 Å². The van der Waals surface area contributed by atoms with Crippen molar-refractivity contribution in [2.75, 3.05) is 11.1 Å². The van der Waals surface area contributed by atoms with Crippen LogP contribution in [0.3, 0.4) is 0 Å². The number of amides is 1. The van der Waals surface area contributed by atoms with Crippen LogP contribution in [0, 0.1) is 5.92 Å². The van der Waals surface area contributed by atoms with Crippen LogP contribution in [0.25, 0.3) is 0 Å². The molecule has 0 spiro atoms. The summed E-state index contributed by atoms with van der Waals surface area (Å²) in [7, 11) is 0. The lowest BCUT2D eigenvalue weighted by molar-refractivity contribution is -0.119. The van der Waals surface area contributed by atoms with E-state index in [2.05, 4.69) is 5.32 Å². The second-order valence-electron chi connectivity index (χ2n) is 7.52. The van der Waals surface area contributed by atoms with Gasteiger partial charge in [0, 0.05) is 22.3 Å². The standard InChI is InChI=1S/C21H25ClN2O3/c1-13(19(25)24-17-9-7-16(22)8-10-17)11-14-5-6-15(12-18(14)23)20(26)27-21(2,3)4/h5-10,12-13H,11,23H2,1-4H3,(H,24,25). The minimum Gasteiger partial charge on any atom is -0.456 e. The molecule has 1 amide bonds. The Morgan fingerprint density at radius 1 is 1.15 bits per heavy atom. The van der Waals surface area contributed by atoms with Crippen molar-refractivity contribution in [3.05, 3.63) is 58.6 Å². The number of nitrogens with two attached hydrogens (primary N) is 1. The fourth-order valence-corrected chi connectivity index (χ4v) is 2.59. The van der Waals surface area contributed by atoms with E-state index in [1.807, 2.05) is 27.7 Å². The normalized spacial score (nSPS) is 12.3. The number of nitrogens with one attached hydrogen (secondary N) is 1. The predicted molar refractivity (Wildman–Crippen MR) is 109 cm³/mol. The monoisotopic (exact) mass is 388 g/mol. The van der Waals surface area contributed by atoms with Gasteiger partial charge in [-0.05, 0) is 69.2 Å². The van der Waals surface area contributed by atoms with Crippen LogP contribution >= 0.6 is 11.6 Å². The quantitative estimate of drug-likeness (QED) is 0.574. The number of benzene rings is 2. The Kier molecular flexibility index (Phi) is 6.50. The highest BCUT2D eigenvalue weighted by atomic mass is 35.5. The molecular weight excluding hydrogens is 364 g/mol. The maximum Gasteiger partial charge on any atom is 0.338 e. The molecule has 0 aliphatic carbocycles. The van der Waals surface area contributed by atoms with Crippen LogP contribution in [0.4, 0.5) is 11.4 Å². The lowest BCUT2D eigenvalue weighted by Crippen LogP contribution is -2.24. The van der Waals surface area contributed by atoms with Gasteiger partial charge in [0.2, 0.25) is 5.91 Å². The Hall–Kier alpha value is -2.53. The van der Waals surface area contributed by atoms with E-state index < -0.39 is 11.6 Å². The van der Waals surface area contributed by atoms with Crippen LogP contribution in [0.2, 0.25) is 5.02 Å². The van der Waals surface area contributed by atoms with Gasteiger partial charge in [0.25, 0.3) is 0 Å². The maximum atomic E-state index is 12.4. The lowest BCUT2D eigenvalue weighted by Gasteiger charge is -2.20. The largest absolute Gasteiger partial charge is 0.456 e. The molecule has 6 heteroatoms. The summed E-state index contributed by atoms with van der Waals surface area (Å²) in [5.74, 6) is -0.836. The second-order valence-corrected chi connectivity index (χ2v) is 7.95. The van der Waals surface area contributed by atoms with Crippen LogP contribution in [-0.4, -0.2) is 17.5 Å². The fourth-order valence-electron chi connectivity index (χ4n) is 2.47. The zero-order valence-electron chi connectivity index (χ0n) is 16.0. The molecule has 2 aromatic carbocycles. The van der Waals surface area contributed by atoms with Gasteiger partial charge in [0.15, 0.2) is 0 Å². The van der Waals surface area contributed by atoms with Crippen LogP contribution in [0.15, 0.2) is 42.5 Å². The first kappa shape index (κ1) is 20.8. The van der Waals surface area contributed by atoms with Crippen LogP contribution in [0.1, 0.15) is 43.6 Å². The molecule has 144 valence electrons. The van der Waals surface area contributed by atoms with Crippen molar-refractivity contribution < 1.29 is 14.3 Å². The number of ether oxygens (including phenoxy) is 1. The van der Waals surface area contributed by atoms with E-state index in [9.17, 15) is 9.59 Å². The molecule has 2 rings (SSSR count). The number of rotatable bonds is 5. The van der Waals surface area contributed by atoms with Gasteiger partial charge in [-0.15, -0.1) is 0 Å². The van der Waals surface area contributed by atoms with Crippen molar-refractivity contribution >= 4 is 34.9 Å². The van der Waals surface area contributed by atoms with Gasteiger partial charge < -0.3 is 15.8 Å². The molecule has 1 unspecified atom stereocenters. The van der Waals surface area contributed by atoms with E-state index in [0.29, 0.717) is 28.4 Å². The Labute approximate surface area is 164 Å². The molecule has 0 aliphatic rings. The summed E-state index contributed by atoms with van der Waals surface area (Å²) in [5.41, 5.74) is 7.86. The van der Waals surface area contributed by atoms with Crippen molar-refractivity contribution in [2.45, 2.75) is 39.7 Å². The van der Waals surface area contributed by atoms with Crippen LogP contribution < -0.4 is 11.1 Å². The third kappa shape index (κ3) is 6.29. The smallest absolute Gasteiger partial charge is 0.338 e. The summed E-state index contributed by atoms with van der Waals surface area (Å²) in [6, 6.07) is 12.0. The molecule has 0 heterocycles. The molecule has 0 radical (unpaired) electrons. The molecule has 2 aromatic rings. The van der Waals surface area contributed by atoms with Gasteiger partial charge >= 0.3 is 5.97 Å². The van der Waals surface area contributed by atoms with E-state index in [1.165, 1.54) is 0 Å². The van der Waals surface area contributed by atoms with E-state index in [-0.39, 0.29) is 11.8 Å². The third-order valence-electron chi connectivity index (χ3n) is 3.87. The van der Waals surface area contributed by atoms with Gasteiger partial charge in [-0.25, -0.2) is 4.79 Å². The van der Waals surface area contributed by atoms with E-state index >= 15 is 0 Å². The van der Waals surface area contributed by atoms with Gasteiger partial charge in [-0.3, -0.25) is 4.79 Å². The Morgan fingerprint density at radius 3 is 2.33 bits per heavy atom. The van der Waals surface area contributed by atoms with Crippen molar-refractivity contribution in [1.29, 1.82) is 0 Å². The van der Waals surface area contributed by atoms with Crippen molar-refractivity contribution in [3.8, 4) is 0 Å². The first-order chi connectivity index (χ1) is 12.5. The van der Waals surface area contributed by atoms with E-state index in [1.54, 1.807) is 42.5 Å². The Morgan fingerprint density at radius 2 is 1.78 bits per heavy atom. The lowest BCUT2D eigenvalue weighted by atomic mass is 9.97. The summed E-state index contributed by atoms with van der Waals surface area (Å²) >= 11 is 5.85. The molecular formula is C21H25ClN2O3. The van der Waals surface area contributed by atoms with Crippen molar-refractivity contribution in [3.63, 3.8) is 0 Å². The molecule has 0 fully saturated rings. The van der Waals surface area contributed by atoms with Gasteiger partial charge in [-0.1, -0.05) is 24.6 Å². The summed E-state index contributed by atoms with van der Waals surface area (Å²) in [6.45, 7) is 7.25. The molecule has 1 atom stereocenters. The highest BCUT2D eigenvalue weighted by molar-refractivity contribution is 6.30. The fraction of sp³-hybridized carbons (Fsp3) is 0.333. The Balaban J connectivity index is 2.02. The minimum absolute atomic E-state index is 0.118. The topological polar surface area (TPSA) is 81.4 Å². The van der Waals surface area contributed by atoms with E-state index in [0.717, 1.165) is 5.56 Å². The molecule has 0 aromatic heterocycles. The van der Waals surface area contributed by atoms with E-state index in [4.69, 9.17) is 22.1 Å². The molecule has 0 aliphatic heterocycles. The summed E-state index contributed by atoms with van der Waals surface area (Å²) in [6.07, 6.45) is 0.458. The maximum absolute atomic E-state index is 12.4. The highest BCUT2D eigenvalue weighted by Crippen LogP contribution is 2.21. The van der Waals surface area contributed by atoms with Crippen LogP contribution in [-0.2, 0) is 16.0 Å². The van der Waals surface area contributed by atoms with Crippen molar-refractivity contribution in [1.82, 2.24) is 0 Å². The first-order valence-corrected chi connectivity index (χ1v) is 9.11. The number of halogens is 1. The Bertz CT molecular complexity index is 826. The number of hydrogen-bond acceptors (Lipinski definition) is 4. The van der Waals surface area contributed by atoms with Gasteiger partial charge in [-0.2, -0.15) is 0 Å². The number of nitrogen functional groups attached to an aromatic ring is 1. The molecule has 3 N–H and O–H groups in total. The van der Waals surface area contributed by atoms with Gasteiger partial charge in [0.05, 0.1) is 5.56 Å².